The molecule has 3 aromatic rings. The highest BCUT2D eigenvalue weighted by Crippen LogP contribution is 2.29. The van der Waals surface area contributed by atoms with Gasteiger partial charge in [0, 0.05) is 30.4 Å². The van der Waals surface area contributed by atoms with Gasteiger partial charge in [0.1, 0.15) is 0 Å². The number of hydrogen-bond acceptors (Lipinski definition) is 4. The molecule has 0 saturated heterocycles. The van der Waals surface area contributed by atoms with E-state index in [1.807, 2.05) is 6.07 Å². The molecule has 0 saturated carbocycles. The Kier molecular flexibility index (Phi) is 3.42. The SMILES string of the molecule is CC(=O)N1CCc2cc(C(=O)Nc3ccc4oc(=O)[nH]c4c3)ccc21. The topological polar surface area (TPSA) is 95.4 Å². The number of nitrogens with zero attached hydrogens (tertiary/aromatic N) is 1. The summed E-state index contributed by atoms with van der Waals surface area (Å²) in [5, 5.41) is 2.80. The average Bonchev–Trinajstić information content (AvgIpc) is 3.15. The lowest BCUT2D eigenvalue weighted by atomic mass is 10.1. The largest absolute Gasteiger partial charge is 0.417 e. The number of fused-ring (bicyclic) bond motifs is 2. The van der Waals surface area contributed by atoms with Crippen molar-refractivity contribution in [3.63, 3.8) is 0 Å². The van der Waals surface area contributed by atoms with Crippen LogP contribution in [0.5, 0.6) is 0 Å². The lowest BCUT2D eigenvalue weighted by molar-refractivity contribution is -0.116. The summed E-state index contributed by atoms with van der Waals surface area (Å²) in [4.78, 5) is 39.5. The lowest BCUT2D eigenvalue weighted by Gasteiger charge is -2.14. The number of aromatic amines is 1. The van der Waals surface area contributed by atoms with E-state index in [2.05, 4.69) is 10.3 Å². The quantitative estimate of drug-likeness (QED) is 0.750. The van der Waals surface area contributed by atoms with Crippen LogP contribution < -0.4 is 16.0 Å². The van der Waals surface area contributed by atoms with Crippen LogP contribution in [0.2, 0.25) is 0 Å². The molecule has 0 unspecified atom stereocenters. The van der Waals surface area contributed by atoms with Crippen LogP contribution in [0.4, 0.5) is 11.4 Å². The first-order chi connectivity index (χ1) is 12.0. The molecular formula is C18H15N3O4. The molecular weight excluding hydrogens is 322 g/mol. The van der Waals surface area contributed by atoms with Gasteiger partial charge in [-0.2, -0.15) is 0 Å². The number of rotatable bonds is 2. The second-order valence-corrected chi connectivity index (χ2v) is 5.94. The molecule has 2 aromatic carbocycles. The zero-order valence-electron chi connectivity index (χ0n) is 13.5. The van der Waals surface area contributed by atoms with E-state index in [4.69, 9.17) is 4.42 Å². The Morgan fingerprint density at radius 2 is 2.04 bits per heavy atom. The van der Waals surface area contributed by atoms with Crippen LogP contribution in [0.15, 0.2) is 45.6 Å². The van der Waals surface area contributed by atoms with E-state index in [1.165, 1.54) is 6.92 Å². The maximum Gasteiger partial charge on any atom is 0.417 e. The number of anilines is 2. The summed E-state index contributed by atoms with van der Waals surface area (Å²) in [6.07, 6.45) is 0.734. The molecule has 0 fully saturated rings. The second kappa shape index (κ2) is 5.62. The monoisotopic (exact) mass is 337 g/mol. The van der Waals surface area contributed by atoms with Crippen LogP contribution in [0, 0.1) is 0 Å². The molecule has 25 heavy (non-hydrogen) atoms. The molecule has 126 valence electrons. The highest BCUT2D eigenvalue weighted by molar-refractivity contribution is 6.05. The molecule has 2 N–H and O–H groups in total. The van der Waals surface area contributed by atoms with E-state index in [0.29, 0.717) is 28.9 Å². The molecule has 4 rings (SSSR count). The lowest BCUT2D eigenvalue weighted by Crippen LogP contribution is -2.25. The molecule has 1 aliphatic heterocycles. The van der Waals surface area contributed by atoms with E-state index < -0.39 is 5.76 Å². The normalized spacial score (nSPS) is 13.1. The van der Waals surface area contributed by atoms with Gasteiger partial charge >= 0.3 is 5.76 Å². The second-order valence-electron chi connectivity index (χ2n) is 5.94. The Hall–Kier alpha value is -3.35. The van der Waals surface area contributed by atoms with Crippen LogP contribution in [0.25, 0.3) is 11.1 Å². The summed E-state index contributed by atoms with van der Waals surface area (Å²) >= 11 is 0. The van der Waals surface area contributed by atoms with Crippen LogP contribution in [0.1, 0.15) is 22.8 Å². The van der Waals surface area contributed by atoms with Crippen molar-refractivity contribution in [2.75, 3.05) is 16.8 Å². The first-order valence-electron chi connectivity index (χ1n) is 7.86. The zero-order valence-corrected chi connectivity index (χ0v) is 13.5. The van der Waals surface area contributed by atoms with Gasteiger partial charge < -0.3 is 14.6 Å². The van der Waals surface area contributed by atoms with Crippen molar-refractivity contribution in [3.8, 4) is 0 Å². The van der Waals surface area contributed by atoms with Crippen molar-refractivity contribution >= 4 is 34.3 Å². The number of oxazole rings is 1. The molecule has 1 aromatic heterocycles. The predicted molar refractivity (Wildman–Crippen MR) is 93.0 cm³/mol. The highest BCUT2D eigenvalue weighted by Gasteiger charge is 2.23. The molecule has 7 heteroatoms. The Morgan fingerprint density at radius 3 is 2.84 bits per heavy atom. The Balaban J connectivity index is 1.58. The summed E-state index contributed by atoms with van der Waals surface area (Å²) in [6, 6.07) is 10.2. The summed E-state index contributed by atoms with van der Waals surface area (Å²) in [5.41, 5.74) is 3.88. The summed E-state index contributed by atoms with van der Waals surface area (Å²) in [6.45, 7) is 2.17. The molecule has 0 bridgehead atoms. The molecule has 0 radical (unpaired) electrons. The Bertz CT molecular complexity index is 1060. The minimum Gasteiger partial charge on any atom is -0.408 e. The maximum atomic E-state index is 12.5. The smallest absolute Gasteiger partial charge is 0.408 e. The summed E-state index contributed by atoms with van der Waals surface area (Å²) in [7, 11) is 0. The van der Waals surface area contributed by atoms with Gasteiger partial charge in [-0.05, 0) is 48.4 Å². The third-order valence-corrected chi connectivity index (χ3v) is 4.29. The van der Waals surface area contributed by atoms with E-state index in [0.717, 1.165) is 17.7 Å². The molecule has 1 aliphatic rings. The standard InChI is InChI=1S/C18H15N3O4/c1-10(22)21-7-6-11-8-12(2-4-15(11)21)17(23)19-13-3-5-16-14(9-13)20-18(24)25-16/h2-5,8-9H,6-7H2,1H3,(H,19,23)(H,20,24). The van der Waals surface area contributed by atoms with Crippen LogP contribution in [-0.4, -0.2) is 23.3 Å². The van der Waals surface area contributed by atoms with E-state index >= 15 is 0 Å². The number of amides is 2. The average molecular weight is 337 g/mol. The van der Waals surface area contributed by atoms with Gasteiger partial charge in [-0.3, -0.25) is 14.6 Å². The third kappa shape index (κ3) is 2.69. The van der Waals surface area contributed by atoms with Crippen LogP contribution in [-0.2, 0) is 11.2 Å². The number of carbonyl (C=O) groups excluding carboxylic acids is 2. The van der Waals surface area contributed by atoms with E-state index in [-0.39, 0.29) is 11.8 Å². The van der Waals surface area contributed by atoms with Crippen molar-refractivity contribution in [2.24, 2.45) is 0 Å². The zero-order chi connectivity index (χ0) is 17.6. The van der Waals surface area contributed by atoms with E-state index in [9.17, 15) is 14.4 Å². The van der Waals surface area contributed by atoms with Gasteiger partial charge in [-0.25, -0.2) is 4.79 Å². The van der Waals surface area contributed by atoms with Gasteiger partial charge in [-0.15, -0.1) is 0 Å². The molecule has 2 heterocycles. The molecule has 7 nitrogen and oxygen atoms in total. The number of nitrogens with one attached hydrogen (secondary N) is 2. The maximum absolute atomic E-state index is 12.5. The fourth-order valence-corrected chi connectivity index (χ4v) is 3.10. The molecule has 0 aliphatic carbocycles. The van der Waals surface area contributed by atoms with Crippen LogP contribution in [0.3, 0.4) is 0 Å². The van der Waals surface area contributed by atoms with Gasteiger partial charge in [0.15, 0.2) is 5.58 Å². The number of hydrogen-bond donors (Lipinski definition) is 2. The van der Waals surface area contributed by atoms with Crippen LogP contribution >= 0.6 is 0 Å². The third-order valence-electron chi connectivity index (χ3n) is 4.29. The number of H-pyrrole nitrogens is 1. The van der Waals surface area contributed by atoms with Gasteiger partial charge in [-0.1, -0.05) is 0 Å². The Labute approximate surface area is 142 Å². The first-order valence-corrected chi connectivity index (χ1v) is 7.86. The van der Waals surface area contributed by atoms with Gasteiger partial charge in [0.2, 0.25) is 5.91 Å². The van der Waals surface area contributed by atoms with Gasteiger partial charge in [0.05, 0.1) is 5.52 Å². The highest BCUT2D eigenvalue weighted by atomic mass is 16.4. The number of carbonyl (C=O) groups is 2. The summed E-state index contributed by atoms with van der Waals surface area (Å²) < 4.78 is 4.94. The van der Waals surface area contributed by atoms with Crippen molar-refractivity contribution in [2.45, 2.75) is 13.3 Å². The first kappa shape index (κ1) is 15.2. The Morgan fingerprint density at radius 1 is 1.20 bits per heavy atom. The van der Waals surface area contributed by atoms with Crippen molar-refractivity contribution in [1.29, 1.82) is 0 Å². The minimum absolute atomic E-state index is 0.00152. The molecule has 2 amide bonds. The summed E-state index contributed by atoms with van der Waals surface area (Å²) in [5.74, 6) is -0.792. The number of benzene rings is 2. The minimum atomic E-state index is -0.535. The van der Waals surface area contributed by atoms with Crippen molar-refractivity contribution in [1.82, 2.24) is 4.98 Å². The molecule has 0 spiro atoms. The fourth-order valence-electron chi connectivity index (χ4n) is 3.10. The van der Waals surface area contributed by atoms with Crippen molar-refractivity contribution < 1.29 is 14.0 Å². The number of aromatic nitrogens is 1. The molecule has 0 atom stereocenters. The van der Waals surface area contributed by atoms with Crippen molar-refractivity contribution in [3.05, 3.63) is 58.1 Å². The van der Waals surface area contributed by atoms with Gasteiger partial charge in [0.25, 0.3) is 5.91 Å². The fraction of sp³-hybridized carbons (Fsp3) is 0.167. The van der Waals surface area contributed by atoms with E-state index in [1.54, 1.807) is 35.2 Å². The predicted octanol–water partition coefficient (Wildman–Crippen LogP) is 2.28.